The van der Waals surface area contributed by atoms with Crippen LogP contribution in [0.25, 0.3) is 11.1 Å². The molecule has 0 saturated heterocycles. The van der Waals surface area contributed by atoms with E-state index in [4.69, 9.17) is 19.6 Å². The third kappa shape index (κ3) is 5.35. The van der Waals surface area contributed by atoms with Gasteiger partial charge in [0.05, 0.1) is 19.6 Å². The number of hydrogen-bond acceptors (Lipinski definition) is 7. The maximum Gasteiger partial charge on any atom is 0.319 e. The number of nitrogens with zero attached hydrogens (tertiary/aromatic N) is 1. The summed E-state index contributed by atoms with van der Waals surface area (Å²) < 4.78 is 16.0. The Hall–Kier alpha value is -3.35. The van der Waals surface area contributed by atoms with E-state index in [0.29, 0.717) is 11.3 Å². The van der Waals surface area contributed by atoms with Crippen LogP contribution in [0.4, 0.5) is 5.69 Å². The number of hydrogen-bond donors (Lipinski definition) is 1. The number of ether oxygens (including phenoxy) is 3. The molecule has 7 heteroatoms. The molecule has 2 aromatic rings. The van der Waals surface area contributed by atoms with Gasteiger partial charge in [-0.3, -0.25) is 15.0 Å². The number of nitrogens with one attached hydrogen (secondary N) is 1. The monoisotopic (exact) mass is 452 g/mol. The average molecular weight is 453 g/mol. The summed E-state index contributed by atoms with van der Waals surface area (Å²) in [5.41, 5.74) is 3.80. The van der Waals surface area contributed by atoms with Crippen molar-refractivity contribution < 1.29 is 23.8 Å². The van der Waals surface area contributed by atoms with E-state index in [1.807, 2.05) is 12.1 Å². The Balaban J connectivity index is 2.00. The van der Waals surface area contributed by atoms with Gasteiger partial charge in [-0.15, -0.1) is 0 Å². The van der Waals surface area contributed by atoms with Crippen molar-refractivity contribution in [3.05, 3.63) is 48.0 Å². The van der Waals surface area contributed by atoms with Crippen LogP contribution in [0.1, 0.15) is 45.6 Å². The van der Waals surface area contributed by atoms with Gasteiger partial charge < -0.3 is 19.1 Å². The summed E-state index contributed by atoms with van der Waals surface area (Å²) >= 11 is 0. The lowest BCUT2D eigenvalue weighted by Gasteiger charge is -2.32. The second kappa shape index (κ2) is 11.0. The Morgan fingerprint density at radius 3 is 2.18 bits per heavy atom. The summed E-state index contributed by atoms with van der Waals surface area (Å²) in [6.07, 6.45) is -0.0413. The lowest BCUT2D eigenvalue weighted by molar-refractivity contribution is -0.148. The summed E-state index contributed by atoms with van der Waals surface area (Å²) in [6, 6.07) is 13.9. The lowest BCUT2D eigenvalue weighted by atomic mass is 9.80. The molecule has 0 amide bonds. The summed E-state index contributed by atoms with van der Waals surface area (Å²) in [6.45, 7) is 9.99. The van der Waals surface area contributed by atoms with Crippen LogP contribution in [0.5, 0.6) is 5.75 Å². The Kier molecular flexibility index (Phi) is 8.09. The fourth-order valence-electron chi connectivity index (χ4n) is 4.24. The number of benzene rings is 2. The van der Waals surface area contributed by atoms with Crippen molar-refractivity contribution in [2.45, 2.75) is 40.0 Å². The maximum atomic E-state index is 12.7. The van der Waals surface area contributed by atoms with Crippen molar-refractivity contribution >= 4 is 23.5 Å². The van der Waals surface area contributed by atoms with E-state index in [2.05, 4.69) is 43.0 Å². The number of fused-ring (bicyclic) bond motifs is 1. The van der Waals surface area contributed by atoms with E-state index in [1.54, 1.807) is 19.9 Å². The van der Waals surface area contributed by atoms with Gasteiger partial charge in [0, 0.05) is 30.3 Å². The Bertz CT molecular complexity index is 998. The zero-order valence-corrected chi connectivity index (χ0v) is 19.7. The molecule has 0 saturated carbocycles. The molecule has 1 heterocycles. The van der Waals surface area contributed by atoms with Crippen LogP contribution in [0, 0.1) is 11.3 Å². The standard InChI is InChI=1S/C26H32N2O5/c1-5-28(6-2)19-12-9-17(10-13-19)18-11-14-22-20(15-18)21(16-23(29)31-7-3)24(25(27)33-22)26(30)32-8-4/h9-15,21,24,27H,5-8,16H2,1-4H3. The highest BCUT2D eigenvalue weighted by Crippen LogP contribution is 2.43. The molecule has 0 fully saturated rings. The molecule has 33 heavy (non-hydrogen) atoms. The minimum Gasteiger partial charge on any atom is -0.466 e. The topological polar surface area (TPSA) is 88.9 Å². The quantitative estimate of drug-likeness (QED) is 0.551. The molecule has 0 aromatic heterocycles. The summed E-state index contributed by atoms with van der Waals surface area (Å²) in [7, 11) is 0. The predicted molar refractivity (Wildman–Crippen MR) is 128 cm³/mol. The Labute approximate surface area is 195 Å². The summed E-state index contributed by atoms with van der Waals surface area (Å²) in [5.74, 6) is -2.34. The summed E-state index contributed by atoms with van der Waals surface area (Å²) in [4.78, 5) is 27.3. The van der Waals surface area contributed by atoms with Crippen molar-refractivity contribution in [2.75, 3.05) is 31.2 Å². The van der Waals surface area contributed by atoms with Crippen LogP contribution in [0.3, 0.4) is 0 Å². The zero-order valence-electron chi connectivity index (χ0n) is 19.7. The molecular weight excluding hydrogens is 420 g/mol. The van der Waals surface area contributed by atoms with E-state index < -0.39 is 23.8 Å². The molecule has 1 aliphatic rings. The van der Waals surface area contributed by atoms with E-state index in [9.17, 15) is 9.59 Å². The van der Waals surface area contributed by atoms with Gasteiger partial charge in [0.15, 0.2) is 0 Å². The smallest absolute Gasteiger partial charge is 0.319 e. The highest BCUT2D eigenvalue weighted by atomic mass is 16.5. The second-order valence-corrected chi connectivity index (χ2v) is 7.78. The van der Waals surface area contributed by atoms with Crippen LogP contribution in [0.15, 0.2) is 42.5 Å². The molecule has 0 spiro atoms. The minimum absolute atomic E-state index is 0.0413. The van der Waals surface area contributed by atoms with Crippen molar-refractivity contribution in [3.63, 3.8) is 0 Å². The zero-order chi connectivity index (χ0) is 24.0. The van der Waals surface area contributed by atoms with Gasteiger partial charge in [0.25, 0.3) is 0 Å². The molecular formula is C26H32N2O5. The molecule has 3 rings (SSSR count). The van der Waals surface area contributed by atoms with Gasteiger partial charge in [0.2, 0.25) is 5.90 Å². The predicted octanol–water partition coefficient (Wildman–Crippen LogP) is 4.79. The SMILES string of the molecule is CCOC(=O)CC1c2cc(-c3ccc(N(CC)CC)cc3)ccc2OC(=N)C1C(=O)OCC. The Morgan fingerprint density at radius 2 is 1.58 bits per heavy atom. The van der Waals surface area contributed by atoms with E-state index in [1.165, 1.54) is 0 Å². The number of anilines is 1. The number of carbonyl (C=O) groups is 2. The van der Waals surface area contributed by atoms with Gasteiger partial charge in [-0.1, -0.05) is 18.2 Å². The van der Waals surface area contributed by atoms with E-state index in [-0.39, 0.29) is 25.5 Å². The van der Waals surface area contributed by atoms with Crippen molar-refractivity contribution in [1.82, 2.24) is 0 Å². The molecule has 7 nitrogen and oxygen atoms in total. The van der Waals surface area contributed by atoms with E-state index >= 15 is 0 Å². The van der Waals surface area contributed by atoms with Crippen LogP contribution in [-0.2, 0) is 19.1 Å². The van der Waals surface area contributed by atoms with Crippen molar-refractivity contribution in [1.29, 1.82) is 5.41 Å². The van der Waals surface area contributed by atoms with Crippen LogP contribution >= 0.6 is 0 Å². The maximum absolute atomic E-state index is 12.7. The molecule has 1 N–H and O–H groups in total. The number of esters is 2. The number of rotatable bonds is 9. The van der Waals surface area contributed by atoms with Gasteiger partial charge >= 0.3 is 11.9 Å². The van der Waals surface area contributed by atoms with Crippen LogP contribution in [-0.4, -0.2) is 44.1 Å². The third-order valence-electron chi connectivity index (χ3n) is 5.88. The molecule has 0 aliphatic carbocycles. The molecule has 0 radical (unpaired) electrons. The van der Waals surface area contributed by atoms with Crippen LogP contribution in [0.2, 0.25) is 0 Å². The first-order valence-electron chi connectivity index (χ1n) is 11.5. The first kappa shape index (κ1) is 24.3. The first-order chi connectivity index (χ1) is 15.9. The highest BCUT2D eigenvalue weighted by molar-refractivity contribution is 6.00. The molecule has 0 bridgehead atoms. The van der Waals surface area contributed by atoms with Crippen molar-refractivity contribution in [2.24, 2.45) is 5.92 Å². The fraction of sp³-hybridized carbons (Fsp3) is 0.423. The fourth-order valence-corrected chi connectivity index (χ4v) is 4.24. The summed E-state index contributed by atoms with van der Waals surface area (Å²) in [5, 5.41) is 8.30. The normalized spacial score (nSPS) is 17.0. The van der Waals surface area contributed by atoms with Crippen LogP contribution < -0.4 is 9.64 Å². The van der Waals surface area contributed by atoms with Gasteiger partial charge in [-0.25, -0.2) is 0 Å². The van der Waals surface area contributed by atoms with Gasteiger partial charge in [-0.05, 0) is 63.1 Å². The third-order valence-corrected chi connectivity index (χ3v) is 5.88. The lowest BCUT2D eigenvalue weighted by Crippen LogP contribution is -2.39. The molecule has 176 valence electrons. The molecule has 2 unspecified atom stereocenters. The van der Waals surface area contributed by atoms with Gasteiger partial charge in [0.1, 0.15) is 11.7 Å². The van der Waals surface area contributed by atoms with E-state index in [0.717, 1.165) is 29.9 Å². The van der Waals surface area contributed by atoms with Gasteiger partial charge in [-0.2, -0.15) is 0 Å². The highest BCUT2D eigenvalue weighted by Gasteiger charge is 2.42. The number of carbonyl (C=O) groups excluding carboxylic acids is 2. The molecule has 2 aromatic carbocycles. The molecule has 1 aliphatic heterocycles. The Morgan fingerprint density at radius 1 is 0.939 bits per heavy atom. The van der Waals surface area contributed by atoms with Crippen molar-refractivity contribution in [3.8, 4) is 16.9 Å². The second-order valence-electron chi connectivity index (χ2n) is 7.78. The molecule has 2 atom stereocenters. The average Bonchev–Trinajstić information content (AvgIpc) is 2.80. The largest absolute Gasteiger partial charge is 0.466 e. The minimum atomic E-state index is -0.998. The first-order valence-corrected chi connectivity index (χ1v) is 11.5.